The first-order valence-corrected chi connectivity index (χ1v) is 6.86. The molecular formula is C16H21N3O. The Hall–Kier alpha value is -1.91. The molecule has 106 valence electrons. The molecule has 1 heterocycles. The largest absolute Gasteiger partial charge is 0.493 e. The lowest BCUT2D eigenvalue weighted by Gasteiger charge is -2.21. The zero-order valence-electron chi connectivity index (χ0n) is 12.0. The number of pyridine rings is 1. The molecule has 0 saturated carbocycles. The van der Waals surface area contributed by atoms with Crippen molar-refractivity contribution in [3.05, 3.63) is 59.4 Å². The summed E-state index contributed by atoms with van der Waals surface area (Å²) in [5.41, 5.74) is 6.13. The molecule has 0 bridgehead atoms. The van der Waals surface area contributed by atoms with Gasteiger partial charge in [0.25, 0.3) is 0 Å². The smallest absolute Gasteiger partial charge is 0.124 e. The number of nitrogens with two attached hydrogens (primary N) is 1. The monoisotopic (exact) mass is 271 g/mol. The van der Waals surface area contributed by atoms with Crippen molar-refractivity contribution in [2.45, 2.75) is 26.3 Å². The van der Waals surface area contributed by atoms with Crippen LogP contribution in [0.3, 0.4) is 0 Å². The van der Waals surface area contributed by atoms with E-state index in [9.17, 15) is 0 Å². The maximum Gasteiger partial charge on any atom is 0.124 e. The van der Waals surface area contributed by atoms with Gasteiger partial charge < -0.3 is 4.74 Å². The van der Waals surface area contributed by atoms with Gasteiger partial charge in [0.05, 0.1) is 12.6 Å². The zero-order chi connectivity index (χ0) is 14.4. The minimum absolute atomic E-state index is 0.106. The Balaban J connectivity index is 2.39. The molecule has 2 aromatic rings. The van der Waals surface area contributed by atoms with Crippen LogP contribution in [-0.4, -0.2) is 11.6 Å². The van der Waals surface area contributed by atoms with Gasteiger partial charge >= 0.3 is 0 Å². The number of hydrazine groups is 1. The molecule has 0 fully saturated rings. The van der Waals surface area contributed by atoms with Crippen molar-refractivity contribution in [3.8, 4) is 5.75 Å². The van der Waals surface area contributed by atoms with Crippen LogP contribution in [0.2, 0.25) is 0 Å². The highest BCUT2D eigenvalue weighted by atomic mass is 16.5. The van der Waals surface area contributed by atoms with Gasteiger partial charge in [0.15, 0.2) is 0 Å². The van der Waals surface area contributed by atoms with E-state index < -0.39 is 0 Å². The van der Waals surface area contributed by atoms with E-state index in [1.54, 1.807) is 6.20 Å². The van der Waals surface area contributed by atoms with E-state index in [-0.39, 0.29) is 6.04 Å². The summed E-state index contributed by atoms with van der Waals surface area (Å²) < 4.78 is 5.82. The van der Waals surface area contributed by atoms with Crippen LogP contribution in [0.15, 0.2) is 42.7 Å². The highest BCUT2D eigenvalue weighted by molar-refractivity contribution is 5.43. The fourth-order valence-corrected chi connectivity index (χ4v) is 2.22. The summed E-state index contributed by atoms with van der Waals surface area (Å²) in [6.07, 6.45) is 4.60. The molecule has 1 aromatic carbocycles. The number of nitrogens with one attached hydrogen (secondary N) is 1. The highest BCUT2D eigenvalue weighted by Crippen LogP contribution is 2.30. The summed E-state index contributed by atoms with van der Waals surface area (Å²) in [5, 5.41) is 0. The molecule has 20 heavy (non-hydrogen) atoms. The summed E-state index contributed by atoms with van der Waals surface area (Å²) in [5.74, 6) is 6.65. The second-order valence-electron chi connectivity index (χ2n) is 4.72. The third-order valence-electron chi connectivity index (χ3n) is 3.23. The first-order valence-electron chi connectivity index (χ1n) is 6.86. The number of hydrogen-bond acceptors (Lipinski definition) is 4. The van der Waals surface area contributed by atoms with Crippen molar-refractivity contribution >= 4 is 0 Å². The van der Waals surface area contributed by atoms with Gasteiger partial charge in [-0.2, -0.15) is 0 Å². The molecule has 1 atom stereocenters. The van der Waals surface area contributed by atoms with E-state index in [2.05, 4.69) is 17.3 Å². The van der Waals surface area contributed by atoms with E-state index in [1.165, 1.54) is 0 Å². The van der Waals surface area contributed by atoms with Gasteiger partial charge in [-0.25, -0.2) is 5.43 Å². The van der Waals surface area contributed by atoms with Gasteiger partial charge in [0.2, 0.25) is 0 Å². The molecule has 2 rings (SSSR count). The Labute approximate surface area is 120 Å². The predicted molar refractivity (Wildman–Crippen MR) is 80.4 cm³/mol. The van der Waals surface area contributed by atoms with Crippen LogP contribution in [0.1, 0.15) is 36.1 Å². The van der Waals surface area contributed by atoms with Crippen LogP contribution in [-0.2, 0) is 0 Å². The van der Waals surface area contributed by atoms with Gasteiger partial charge in [-0.1, -0.05) is 25.1 Å². The predicted octanol–water partition coefficient (Wildman–Crippen LogP) is 2.73. The number of hydrogen-bond donors (Lipinski definition) is 2. The first kappa shape index (κ1) is 14.5. The fraction of sp³-hybridized carbons (Fsp3) is 0.312. The highest BCUT2D eigenvalue weighted by Gasteiger charge is 2.18. The minimum atomic E-state index is -0.106. The molecule has 1 aromatic heterocycles. The lowest BCUT2D eigenvalue weighted by molar-refractivity contribution is 0.311. The zero-order valence-corrected chi connectivity index (χ0v) is 12.0. The van der Waals surface area contributed by atoms with Crippen molar-refractivity contribution in [1.82, 2.24) is 10.4 Å². The van der Waals surface area contributed by atoms with Crippen molar-refractivity contribution in [1.29, 1.82) is 0 Å². The van der Waals surface area contributed by atoms with Crippen molar-refractivity contribution in [2.24, 2.45) is 5.84 Å². The van der Waals surface area contributed by atoms with Crippen LogP contribution >= 0.6 is 0 Å². The molecule has 0 aliphatic heterocycles. The molecule has 4 heteroatoms. The van der Waals surface area contributed by atoms with Crippen LogP contribution in [0.25, 0.3) is 0 Å². The number of nitrogens with zero attached hydrogens (tertiary/aromatic N) is 1. The molecule has 0 amide bonds. The Kier molecular flexibility index (Phi) is 5.09. The van der Waals surface area contributed by atoms with Crippen molar-refractivity contribution in [2.75, 3.05) is 6.61 Å². The lowest BCUT2D eigenvalue weighted by atomic mass is 9.96. The Bertz CT molecular complexity index is 557. The van der Waals surface area contributed by atoms with Crippen LogP contribution in [0, 0.1) is 6.92 Å². The second-order valence-corrected chi connectivity index (χ2v) is 4.72. The summed E-state index contributed by atoms with van der Waals surface area (Å²) in [4.78, 5) is 4.13. The second kappa shape index (κ2) is 7.03. The molecule has 0 saturated heterocycles. The third-order valence-corrected chi connectivity index (χ3v) is 3.23. The molecule has 3 N–H and O–H groups in total. The number of rotatable bonds is 6. The standard InChI is InChI=1S/C16H21N3O/c1-3-10-20-15-7-5-4-6-14(15)16(19-17)13-8-9-18-11-12(13)2/h4-9,11,16,19H,3,10,17H2,1-2H3. The van der Waals surface area contributed by atoms with Gasteiger partial charge in [-0.05, 0) is 36.6 Å². The molecule has 0 aliphatic carbocycles. The average molecular weight is 271 g/mol. The Morgan fingerprint density at radius 3 is 2.75 bits per heavy atom. The Morgan fingerprint density at radius 2 is 2.05 bits per heavy atom. The number of ether oxygens (including phenoxy) is 1. The molecule has 0 radical (unpaired) electrons. The van der Waals surface area contributed by atoms with Gasteiger partial charge in [0.1, 0.15) is 5.75 Å². The number of para-hydroxylation sites is 1. The molecule has 4 nitrogen and oxygen atoms in total. The van der Waals surface area contributed by atoms with Crippen molar-refractivity contribution in [3.63, 3.8) is 0 Å². The van der Waals surface area contributed by atoms with Crippen LogP contribution in [0.4, 0.5) is 0 Å². The van der Waals surface area contributed by atoms with Gasteiger partial charge in [-0.15, -0.1) is 0 Å². The summed E-state index contributed by atoms with van der Waals surface area (Å²) in [6, 6.07) is 9.86. The van der Waals surface area contributed by atoms with E-state index in [1.807, 2.05) is 43.5 Å². The van der Waals surface area contributed by atoms with E-state index in [0.717, 1.165) is 28.9 Å². The van der Waals surface area contributed by atoms with E-state index in [4.69, 9.17) is 10.6 Å². The summed E-state index contributed by atoms with van der Waals surface area (Å²) in [6.45, 7) is 4.82. The minimum Gasteiger partial charge on any atom is -0.493 e. The molecular weight excluding hydrogens is 250 g/mol. The van der Waals surface area contributed by atoms with Gasteiger partial charge in [0, 0.05) is 18.0 Å². The third kappa shape index (κ3) is 3.15. The van der Waals surface area contributed by atoms with Crippen LogP contribution in [0.5, 0.6) is 5.75 Å². The molecule has 0 aliphatic rings. The Morgan fingerprint density at radius 1 is 1.25 bits per heavy atom. The number of aromatic nitrogens is 1. The van der Waals surface area contributed by atoms with E-state index in [0.29, 0.717) is 6.61 Å². The SMILES string of the molecule is CCCOc1ccccc1C(NN)c1ccncc1C. The lowest BCUT2D eigenvalue weighted by Crippen LogP contribution is -2.29. The van der Waals surface area contributed by atoms with Crippen LogP contribution < -0.4 is 16.0 Å². The number of aryl methyl sites for hydroxylation is 1. The van der Waals surface area contributed by atoms with E-state index >= 15 is 0 Å². The van der Waals surface area contributed by atoms with Crippen molar-refractivity contribution < 1.29 is 4.74 Å². The number of benzene rings is 1. The fourth-order valence-electron chi connectivity index (χ4n) is 2.22. The maximum absolute atomic E-state index is 5.82. The molecule has 1 unspecified atom stereocenters. The first-order chi connectivity index (χ1) is 9.77. The summed E-state index contributed by atoms with van der Waals surface area (Å²) in [7, 11) is 0. The topological polar surface area (TPSA) is 60.2 Å². The summed E-state index contributed by atoms with van der Waals surface area (Å²) >= 11 is 0. The maximum atomic E-state index is 5.82. The quantitative estimate of drug-likeness (QED) is 0.626. The van der Waals surface area contributed by atoms with Gasteiger partial charge in [-0.3, -0.25) is 10.8 Å². The average Bonchev–Trinajstić information content (AvgIpc) is 2.49. The normalized spacial score (nSPS) is 12.2. The molecule has 0 spiro atoms.